The number of pyridine rings is 1. The number of hydrogen-bond donors (Lipinski definition) is 1. The Hall–Kier alpha value is -1.78. The van der Waals surface area contributed by atoms with E-state index in [0.29, 0.717) is 0 Å². The van der Waals surface area contributed by atoms with E-state index in [2.05, 4.69) is 9.97 Å². The molecule has 4 heteroatoms. The number of aliphatic hydroxyl groups excluding tert-OH is 1. The van der Waals surface area contributed by atoms with Gasteiger partial charge in [-0.25, -0.2) is 4.98 Å². The van der Waals surface area contributed by atoms with Crippen molar-refractivity contribution in [3.05, 3.63) is 58.2 Å². The van der Waals surface area contributed by atoms with Crippen molar-refractivity contribution in [2.75, 3.05) is 0 Å². The van der Waals surface area contributed by atoms with Crippen LogP contribution in [0.5, 0.6) is 0 Å². The average molecular weight is 256 g/mol. The first kappa shape index (κ1) is 11.3. The molecule has 0 saturated heterocycles. The summed E-state index contributed by atoms with van der Waals surface area (Å²) in [6, 6.07) is 9.87. The molecule has 1 N–H and O–H groups in total. The Morgan fingerprint density at radius 1 is 1.22 bits per heavy atom. The normalized spacial score (nSPS) is 12.8. The third-order valence-corrected chi connectivity index (χ3v) is 3.94. The lowest BCUT2D eigenvalue weighted by atomic mass is 10.1. The first-order valence-electron chi connectivity index (χ1n) is 5.68. The number of benzene rings is 1. The molecule has 0 aliphatic rings. The lowest BCUT2D eigenvalue weighted by molar-refractivity contribution is 0.223. The van der Waals surface area contributed by atoms with Crippen molar-refractivity contribution in [3.8, 4) is 0 Å². The second kappa shape index (κ2) is 4.48. The van der Waals surface area contributed by atoms with Crippen LogP contribution >= 0.6 is 11.3 Å². The zero-order valence-corrected chi connectivity index (χ0v) is 10.7. The summed E-state index contributed by atoms with van der Waals surface area (Å²) in [7, 11) is 0. The molecule has 18 heavy (non-hydrogen) atoms. The predicted molar refractivity (Wildman–Crippen MR) is 72.7 cm³/mol. The van der Waals surface area contributed by atoms with Crippen molar-refractivity contribution in [1.29, 1.82) is 0 Å². The minimum atomic E-state index is -0.644. The second-order valence-electron chi connectivity index (χ2n) is 4.17. The Kier molecular flexibility index (Phi) is 2.81. The first-order valence-corrected chi connectivity index (χ1v) is 6.56. The Morgan fingerprint density at radius 3 is 2.83 bits per heavy atom. The zero-order chi connectivity index (χ0) is 12.5. The summed E-state index contributed by atoms with van der Waals surface area (Å²) >= 11 is 1.47. The first-order chi connectivity index (χ1) is 8.75. The molecule has 0 spiro atoms. The highest BCUT2D eigenvalue weighted by Gasteiger charge is 2.15. The molecule has 0 amide bonds. The van der Waals surface area contributed by atoms with Crippen molar-refractivity contribution >= 4 is 22.2 Å². The highest BCUT2D eigenvalue weighted by molar-refractivity contribution is 7.09. The molecule has 2 heterocycles. The zero-order valence-electron chi connectivity index (χ0n) is 9.87. The summed E-state index contributed by atoms with van der Waals surface area (Å²) in [5.74, 6) is 0. The number of rotatable bonds is 2. The van der Waals surface area contributed by atoms with E-state index in [1.54, 1.807) is 11.7 Å². The SMILES string of the molecule is Cc1ncsc1C(O)c1cnc2ccccc2c1. The van der Waals surface area contributed by atoms with Crippen molar-refractivity contribution in [3.63, 3.8) is 0 Å². The van der Waals surface area contributed by atoms with Crippen LogP contribution in [0.4, 0.5) is 0 Å². The number of para-hydroxylation sites is 1. The van der Waals surface area contributed by atoms with Crippen LogP contribution in [0.15, 0.2) is 42.0 Å². The molecular weight excluding hydrogens is 244 g/mol. The minimum Gasteiger partial charge on any atom is -0.383 e. The number of thiazole rings is 1. The van der Waals surface area contributed by atoms with E-state index in [-0.39, 0.29) is 0 Å². The lowest BCUT2D eigenvalue weighted by Crippen LogP contribution is -2.00. The standard InChI is InChI=1S/C14H12N2OS/c1-9-14(18-8-16-9)13(17)11-6-10-4-2-3-5-12(10)15-7-11/h2-8,13,17H,1H3. The van der Waals surface area contributed by atoms with Gasteiger partial charge < -0.3 is 5.11 Å². The van der Waals surface area contributed by atoms with Crippen LogP contribution < -0.4 is 0 Å². The maximum atomic E-state index is 10.4. The van der Waals surface area contributed by atoms with E-state index >= 15 is 0 Å². The largest absolute Gasteiger partial charge is 0.383 e. The van der Waals surface area contributed by atoms with E-state index in [0.717, 1.165) is 27.0 Å². The molecule has 90 valence electrons. The van der Waals surface area contributed by atoms with Gasteiger partial charge in [0, 0.05) is 17.1 Å². The summed E-state index contributed by atoms with van der Waals surface area (Å²) < 4.78 is 0. The van der Waals surface area contributed by atoms with E-state index in [4.69, 9.17) is 0 Å². The molecule has 3 aromatic rings. The fourth-order valence-electron chi connectivity index (χ4n) is 1.96. The van der Waals surface area contributed by atoms with Gasteiger partial charge in [-0.1, -0.05) is 18.2 Å². The molecule has 0 aliphatic carbocycles. The maximum Gasteiger partial charge on any atom is 0.117 e. The fourth-order valence-corrected chi connectivity index (χ4v) is 2.77. The summed E-state index contributed by atoms with van der Waals surface area (Å²) in [5.41, 5.74) is 4.37. The number of fused-ring (bicyclic) bond motifs is 1. The van der Waals surface area contributed by atoms with Crippen LogP contribution in [0.2, 0.25) is 0 Å². The van der Waals surface area contributed by atoms with Crippen LogP contribution in [-0.2, 0) is 0 Å². The van der Waals surface area contributed by atoms with Crippen molar-refractivity contribution in [2.45, 2.75) is 13.0 Å². The fraction of sp³-hybridized carbons (Fsp3) is 0.143. The van der Waals surface area contributed by atoms with Gasteiger partial charge in [0.25, 0.3) is 0 Å². The molecule has 1 aromatic carbocycles. The molecule has 3 nitrogen and oxygen atoms in total. The predicted octanol–water partition coefficient (Wildman–Crippen LogP) is 3.08. The van der Waals surface area contributed by atoms with Crippen LogP contribution in [-0.4, -0.2) is 15.1 Å². The molecule has 1 atom stereocenters. The molecule has 2 aromatic heterocycles. The van der Waals surface area contributed by atoms with E-state index in [9.17, 15) is 5.11 Å². The summed E-state index contributed by atoms with van der Waals surface area (Å²) in [6.07, 6.45) is 1.08. The molecule has 0 saturated carbocycles. The summed E-state index contributed by atoms with van der Waals surface area (Å²) in [5, 5.41) is 11.4. The van der Waals surface area contributed by atoms with Gasteiger partial charge in [-0.3, -0.25) is 4.98 Å². The van der Waals surface area contributed by atoms with E-state index in [1.165, 1.54) is 11.3 Å². The van der Waals surface area contributed by atoms with Crippen LogP contribution in [0.3, 0.4) is 0 Å². The third-order valence-electron chi connectivity index (χ3n) is 2.96. The van der Waals surface area contributed by atoms with Gasteiger partial charge in [0.2, 0.25) is 0 Å². The van der Waals surface area contributed by atoms with Gasteiger partial charge in [-0.2, -0.15) is 0 Å². The Bertz CT molecular complexity index is 693. The average Bonchev–Trinajstić information content (AvgIpc) is 2.83. The highest BCUT2D eigenvalue weighted by Crippen LogP contribution is 2.28. The van der Waals surface area contributed by atoms with Gasteiger partial charge in [0.05, 0.1) is 21.6 Å². The quantitative estimate of drug-likeness (QED) is 0.766. The Morgan fingerprint density at radius 2 is 2.06 bits per heavy atom. The number of aliphatic hydroxyl groups is 1. The third kappa shape index (κ3) is 1.89. The molecule has 1 unspecified atom stereocenters. The molecule has 0 aliphatic heterocycles. The topological polar surface area (TPSA) is 46.0 Å². The Labute approximate surface area is 109 Å². The van der Waals surface area contributed by atoms with Crippen LogP contribution in [0.1, 0.15) is 22.2 Å². The molecule has 0 radical (unpaired) electrons. The van der Waals surface area contributed by atoms with Gasteiger partial charge >= 0.3 is 0 Å². The van der Waals surface area contributed by atoms with Gasteiger partial charge in [0.15, 0.2) is 0 Å². The minimum absolute atomic E-state index is 0.644. The van der Waals surface area contributed by atoms with Crippen molar-refractivity contribution < 1.29 is 5.11 Å². The monoisotopic (exact) mass is 256 g/mol. The van der Waals surface area contributed by atoms with Gasteiger partial charge in [-0.05, 0) is 19.1 Å². The summed E-state index contributed by atoms with van der Waals surface area (Å²) in [6.45, 7) is 1.91. The van der Waals surface area contributed by atoms with E-state index in [1.807, 2.05) is 37.3 Å². The molecule has 0 bridgehead atoms. The van der Waals surface area contributed by atoms with Crippen LogP contribution in [0.25, 0.3) is 10.9 Å². The van der Waals surface area contributed by atoms with Gasteiger partial charge in [-0.15, -0.1) is 11.3 Å². The number of hydrogen-bond acceptors (Lipinski definition) is 4. The smallest absolute Gasteiger partial charge is 0.117 e. The molecule has 3 rings (SSSR count). The van der Waals surface area contributed by atoms with Gasteiger partial charge in [0.1, 0.15) is 6.10 Å². The number of nitrogens with zero attached hydrogens (tertiary/aromatic N) is 2. The van der Waals surface area contributed by atoms with Crippen molar-refractivity contribution in [1.82, 2.24) is 9.97 Å². The molecule has 0 fully saturated rings. The lowest BCUT2D eigenvalue weighted by Gasteiger charge is -2.10. The number of aromatic nitrogens is 2. The highest BCUT2D eigenvalue weighted by atomic mass is 32.1. The summed E-state index contributed by atoms with van der Waals surface area (Å²) in [4.78, 5) is 9.41. The van der Waals surface area contributed by atoms with Crippen LogP contribution in [0, 0.1) is 6.92 Å². The maximum absolute atomic E-state index is 10.4. The molecular formula is C14H12N2OS. The Balaban J connectivity index is 2.07. The van der Waals surface area contributed by atoms with Crippen molar-refractivity contribution in [2.24, 2.45) is 0 Å². The van der Waals surface area contributed by atoms with E-state index < -0.39 is 6.10 Å². The number of aryl methyl sites for hydroxylation is 1. The second-order valence-corrected chi connectivity index (χ2v) is 5.05.